The molecule has 3 nitrogen and oxygen atoms in total. The number of rotatable bonds is 1. The molecule has 1 aromatic carbocycles. The normalized spacial score (nSPS) is 20.3. The fraction of sp³-hybridized carbons (Fsp3) is 0.308. The van der Waals surface area contributed by atoms with E-state index in [0.717, 1.165) is 0 Å². The summed E-state index contributed by atoms with van der Waals surface area (Å²) < 4.78 is 7.13. The Bertz CT molecular complexity index is 556. The molecule has 2 heterocycles. The van der Waals surface area contributed by atoms with Gasteiger partial charge in [0.15, 0.2) is 0 Å². The predicted octanol–water partition coefficient (Wildman–Crippen LogP) is 2.21. The van der Waals surface area contributed by atoms with Crippen LogP contribution in [0, 0.1) is 0 Å². The monoisotopic (exact) mass is 215 g/mol. The SMILES string of the molecule is Cn1cc(C2COC(=O)C2)c2ccccc21. The summed E-state index contributed by atoms with van der Waals surface area (Å²) in [4.78, 5) is 11.1. The molecule has 2 aromatic rings. The molecule has 0 bridgehead atoms. The summed E-state index contributed by atoms with van der Waals surface area (Å²) >= 11 is 0. The van der Waals surface area contributed by atoms with Crippen LogP contribution in [0.1, 0.15) is 17.9 Å². The second-order valence-corrected chi connectivity index (χ2v) is 4.30. The van der Waals surface area contributed by atoms with Gasteiger partial charge in [0.05, 0.1) is 13.0 Å². The zero-order valence-electron chi connectivity index (χ0n) is 9.14. The Hall–Kier alpha value is -1.77. The molecule has 1 saturated heterocycles. The molecule has 0 aliphatic carbocycles. The first-order valence-corrected chi connectivity index (χ1v) is 5.45. The quantitative estimate of drug-likeness (QED) is 0.683. The molecule has 0 saturated carbocycles. The zero-order valence-corrected chi connectivity index (χ0v) is 9.14. The van der Waals surface area contributed by atoms with Crippen molar-refractivity contribution in [2.45, 2.75) is 12.3 Å². The number of benzene rings is 1. The number of aromatic nitrogens is 1. The topological polar surface area (TPSA) is 31.2 Å². The number of esters is 1. The fourth-order valence-electron chi connectivity index (χ4n) is 2.41. The number of carbonyl (C=O) groups is 1. The van der Waals surface area contributed by atoms with Crippen LogP contribution in [-0.4, -0.2) is 17.1 Å². The minimum atomic E-state index is -0.0852. The van der Waals surface area contributed by atoms with Gasteiger partial charge in [-0.05, 0) is 11.6 Å². The maximum atomic E-state index is 11.1. The molecule has 1 aliphatic rings. The molecule has 1 fully saturated rings. The average Bonchev–Trinajstić information content (AvgIpc) is 2.84. The van der Waals surface area contributed by atoms with Crippen molar-refractivity contribution in [2.75, 3.05) is 6.61 Å². The van der Waals surface area contributed by atoms with Crippen LogP contribution in [0.5, 0.6) is 0 Å². The first-order valence-electron chi connectivity index (χ1n) is 5.45. The number of hydrogen-bond donors (Lipinski definition) is 0. The molecule has 1 aliphatic heterocycles. The van der Waals surface area contributed by atoms with Crippen molar-refractivity contribution >= 4 is 16.9 Å². The van der Waals surface area contributed by atoms with Gasteiger partial charge in [0.2, 0.25) is 0 Å². The van der Waals surface area contributed by atoms with E-state index in [2.05, 4.69) is 22.9 Å². The van der Waals surface area contributed by atoms with Gasteiger partial charge in [-0.25, -0.2) is 0 Å². The number of ether oxygens (including phenoxy) is 1. The van der Waals surface area contributed by atoms with Crippen LogP contribution in [0.2, 0.25) is 0 Å². The summed E-state index contributed by atoms with van der Waals surface area (Å²) in [7, 11) is 2.03. The molecule has 0 N–H and O–H groups in total. The van der Waals surface area contributed by atoms with E-state index in [-0.39, 0.29) is 11.9 Å². The van der Waals surface area contributed by atoms with Gasteiger partial charge in [-0.3, -0.25) is 4.79 Å². The predicted molar refractivity (Wildman–Crippen MR) is 61.2 cm³/mol. The Morgan fingerprint density at radius 1 is 1.38 bits per heavy atom. The lowest BCUT2D eigenvalue weighted by Gasteiger charge is -2.03. The lowest BCUT2D eigenvalue weighted by Crippen LogP contribution is -1.96. The van der Waals surface area contributed by atoms with Gasteiger partial charge in [-0.1, -0.05) is 18.2 Å². The number of para-hydroxylation sites is 1. The first kappa shape index (κ1) is 9.46. The summed E-state index contributed by atoms with van der Waals surface area (Å²) in [5, 5.41) is 1.23. The minimum Gasteiger partial charge on any atom is -0.465 e. The zero-order chi connectivity index (χ0) is 11.1. The second kappa shape index (κ2) is 3.37. The first-order chi connectivity index (χ1) is 7.75. The number of fused-ring (bicyclic) bond motifs is 1. The molecule has 3 rings (SSSR count). The van der Waals surface area contributed by atoms with Crippen LogP contribution in [0.3, 0.4) is 0 Å². The van der Waals surface area contributed by atoms with Gasteiger partial charge in [-0.15, -0.1) is 0 Å². The number of aryl methyl sites for hydroxylation is 1. The van der Waals surface area contributed by atoms with E-state index in [1.54, 1.807) is 0 Å². The Morgan fingerprint density at radius 2 is 2.19 bits per heavy atom. The van der Waals surface area contributed by atoms with E-state index < -0.39 is 0 Å². The Kier molecular flexibility index (Phi) is 1.99. The number of cyclic esters (lactones) is 1. The van der Waals surface area contributed by atoms with Crippen LogP contribution >= 0.6 is 0 Å². The van der Waals surface area contributed by atoms with E-state index in [1.807, 2.05) is 19.2 Å². The molecule has 1 atom stereocenters. The van der Waals surface area contributed by atoms with Crippen LogP contribution < -0.4 is 0 Å². The summed E-state index contributed by atoms with van der Waals surface area (Å²) in [6.07, 6.45) is 2.62. The molecule has 0 amide bonds. The van der Waals surface area contributed by atoms with Gasteiger partial charge < -0.3 is 9.30 Å². The highest BCUT2D eigenvalue weighted by molar-refractivity contribution is 5.85. The Labute approximate surface area is 93.6 Å². The maximum Gasteiger partial charge on any atom is 0.306 e. The van der Waals surface area contributed by atoms with Gasteiger partial charge in [0.25, 0.3) is 0 Å². The summed E-state index contributed by atoms with van der Waals surface area (Å²) in [6, 6.07) is 8.26. The van der Waals surface area contributed by atoms with Gasteiger partial charge in [0, 0.05) is 30.1 Å². The molecule has 16 heavy (non-hydrogen) atoms. The molecule has 0 radical (unpaired) electrons. The van der Waals surface area contributed by atoms with Crippen molar-refractivity contribution in [3.05, 3.63) is 36.0 Å². The highest BCUT2D eigenvalue weighted by Gasteiger charge is 2.27. The number of nitrogens with zero attached hydrogens (tertiary/aromatic N) is 1. The van der Waals surface area contributed by atoms with E-state index >= 15 is 0 Å². The molecular weight excluding hydrogens is 202 g/mol. The molecule has 0 spiro atoms. The smallest absolute Gasteiger partial charge is 0.306 e. The van der Waals surface area contributed by atoms with Crippen molar-refractivity contribution in [1.29, 1.82) is 0 Å². The van der Waals surface area contributed by atoms with E-state index in [0.29, 0.717) is 13.0 Å². The Balaban J connectivity index is 2.13. The van der Waals surface area contributed by atoms with Crippen LogP contribution in [0.15, 0.2) is 30.5 Å². The van der Waals surface area contributed by atoms with Gasteiger partial charge in [0.1, 0.15) is 0 Å². The van der Waals surface area contributed by atoms with Crippen molar-refractivity contribution in [2.24, 2.45) is 7.05 Å². The standard InChI is InChI=1S/C13H13NO2/c1-14-7-11(9-6-13(15)16-8-9)10-4-2-3-5-12(10)14/h2-5,7,9H,6,8H2,1H3. The maximum absolute atomic E-state index is 11.1. The summed E-state index contributed by atoms with van der Waals surface area (Å²) in [5.41, 5.74) is 2.43. The van der Waals surface area contributed by atoms with Crippen LogP contribution in [0.4, 0.5) is 0 Å². The van der Waals surface area contributed by atoms with Crippen molar-refractivity contribution in [3.8, 4) is 0 Å². The molecule has 1 aromatic heterocycles. The van der Waals surface area contributed by atoms with E-state index in [9.17, 15) is 4.79 Å². The number of hydrogen-bond acceptors (Lipinski definition) is 2. The largest absolute Gasteiger partial charge is 0.465 e. The van der Waals surface area contributed by atoms with E-state index in [4.69, 9.17) is 4.74 Å². The highest BCUT2D eigenvalue weighted by Crippen LogP contribution is 2.32. The Morgan fingerprint density at radius 3 is 2.94 bits per heavy atom. The van der Waals surface area contributed by atoms with Crippen molar-refractivity contribution < 1.29 is 9.53 Å². The summed E-state index contributed by atoms with van der Waals surface area (Å²) in [5.74, 6) is 0.136. The third-order valence-electron chi connectivity index (χ3n) is 3.23. The van der Waals surface area contributed by atoms with Crippen LogP contribution in [-0.2, 0) is 16.6 Å². The lowest BCUT2D eigenvalue weighted by atomic mass is 9.98. The lowest BCUT2D eigenvalue weighted by molar-refractivity contribution is -0.137. The molecule has 1 unspecified atom stereocenters. The summed E-state index contributed by atoms with van der Waals surface area (Å²) in [6.45, 7) is 0.521. The minimum absolute atomic E-state index is 0.0852. The third kappa shape index (κ3) is 1.32. The molecular formula is C13H13NO2. The molecule has 3 heteroatoms. The van der Waals surface area contributed by atoms with Crippen LogP contribution in [0.25, 0.3) is 10.9 Å². The fourth-order valence-corrected chi connectivity index (χ4v) is 2.41. The van der Waals surface area contributed by atoms with Gasteiger partial charge >= 0.3 is 5.97 Å². The van der Waals surface area contributed by atoms with Crippen molar-refractivity contribution in [1.82, 2.24) is 4.57 Å². The molecule has 82 valence electrons. The van der Waals surface area contributed by atoms with Crippen molar-refractivity contribution in [3.63, 3.8) is 0 Å². The second-order valence-electron chi connectivity index (χ2n) is 4.30. The average molecular weight is 215 g/mol. The van der Waals surface area contributed by atoms with E-state index in [1.165, 1.54) is 16.5 Å². The number of carbonyl (C=O) groups excluding carboxylic acids is 1. The highest BCUT2D eigenvalue weighted by atomic mass is 16.5. The third-order valence-corrected chi connectivity index (χ3v) is 3.23. The van der Waals surface area contributed by atoms with Gasteiger partial charge in [-0.2, -0.15) is 0 Å².